The van der Waals surface area contributed by atoms with E-state index in [9.17, 15) is 14.4 Å². The Labute approximate surface area is 153 Å². The molecule has 25 heavy (non-hydrogen) atoms. The number of ether oxygens (including phenoxy) is 1. The molecule has 0 fully saturated rings. The molecule has 1 atom stereocenters. The molecule has 0 spiro atoms. The largest absolute Gasteiger partial charge is 0.444 e. The number of carbonyl (C=O) groups excluding carboxylic acids is 3. The molecule has 7 heteroatoms. The van der Waals surface area contributed by atoms with Crippen LogP contribution in [0, 0.1) is 0 Å². The number of nitrogens with one attached hydrogen (secondary N) is 2. The third kappa shape index (κ3) is 8.58. The van der Waals surface area contributed by atoms with E-state index in [4.69, 9.17) is 4.74 Å². The van der Waals surface area contributed by atoms with E-state index >= 15 is 0 Å². The summed E-state index contributed by atoms with van der Waals surface area (Å²) in [4.78, 5) is 35.0. The van der Waals surface area contributed by atoms with Gasteiger partial charge in [0.1, 0.15) is 11.9 Å². The van der Waals surface area contributed by atoms with Crippen molar-refractivity contribution >= 4 is 30.0 Å². The Hall–Kier alpha value is -2.02. The summed E-state index contributed by atoms with van der Waals surface area (Å²) in [6.45, 7) is 5.62. The van der Waals surface area contributed by atoms with Crippen LogP contribution in [0.3, 0.4) is 0 Å². The molecule has 0 saturated carbocycles. The Morgan fingerprint density at radius 2 is 2.04 bits per heavy atom. The molecule has 0 bridgehead atoms. The lowest BCUT2D eigenvalue weighted by molar-refractivity contribution is -0.109. The molecule has 0 unspecified atom stereocenters. The fourth-order valence-electron chi connectivity index (χ4n) is 1.98. The van der Waals surface area contributed by atoms with Crippen molar-refractivity contribution in [3.05, 3.63) is 35.4 Å². The highest BCUT2D eigenvalue weighted by molar-refractivity contribution is 7.98. The van der Waals surface area contributed by atoms with Crippen molar-refractivity contribution in [2.75, 3.05) is 12.0 Å². The summed E-state index contributed by atoms with van der Waals surface area (Å²) < 4.78 is 5.17. The molecule has 0 aliphatic carbocycles. The molecule has 0 heterocycles. The van der Waals surface area contributed by atoms with Gasteiger partial charge in [-0.25, -0.2) is 4.79 Å². The molecule has 1 aromatic carbocycles. The molecule has 2 amide bonds. The van der Waals surface area contributed by atoms with E-state index in [2.05, 4.69) is 10.6 Å². The molecule has 0 saturated heterocycles. The normalized spacial score (nSPS) is 12.2. The summed E-state index contributed by atoms with van der Waals surface area (Å²) in [6, 6.07) is 6.40. The number of hydrogen-bond donors (Lipinski definition) is 2. The van der Waals surface area contributed by atoms with E-state index in [1.165, 1.54) is 0 Å². The average Bonchev–Trinajstić information content (AvgIpc) is 2.55. The first-order valence-electron chi connectivity index (χ1n) is 8.06. The Bertz CT molecular complexity index is 599. The SMILES string of the molecule is CSCC[C@@H](C=O)NC(=O)c1cccc(CNC(=O)OC(C)(C)C)c1. The second-order valence-corrected chi connectivity index (χ2v) is 7.54. The van der Waals surface area contributed by atoms with Gasteiger partial charge in [-0.1, -0.05) is 12.1 Å². The first-order valence-corrected chi connectivity index (χ1v) is 9.45. The number of alkyl carbamates (subject to hydrolysis) is 1. The van der Waals surface area contributed by atoms with Crippen LogP contribution in [0.25, 0.3) is 0 Å². The first kappa shape index (κ1) is 21.0. The molecule has 0 radical (unpaired) electrons. The maximum Gasteiger partial charge on any atom is 0.407 e. The lowest BCUT2D eigenvalue weighted by Crippen LogP contribution is -2.36. The van der Waals surface area contributed by atoms with Crippen LogP contribution in [0.2, 0.25) is 0 Å². The number of carbonyl (C=O) groups is 3. The van der Waals surface area contributed by atoms with E-state index in [-0.39, 0.29) is 12.5 Å². The summed E-state index contributed by atoms with van der Waals surface area (Å²) in [5.74, 6) is 0.487. The predicted molar refractivity (Wildman–Crippen MR) is 99.8 cm³/mol. The Morgan fingerprint density at radius 1 is 1.32 bits per heavy atom. The molecule has 0 aromatic heterocycles. The van der Waals surface area contributed by atoms with Gasteiger partial charge in [-0.3, -0.25) is 4.79 Å². The van der Waals surface area contributed by atoms with E-state index in [0.29, 0.717) is 12.0 Å². The molecular weight excluding hydrogens is 340 g/mol. The first-order chi connectivity index (χ1) is 11.7. The number of hydrogen-bond acceptors (Lipinski definition) is 5. The van der Waals surface area contributed by atoms with Gasteiger partial charge in [0.15, 0.2) is 0 Å². The zero-order valence-electron chi connectivity index (χ0n) is 15.1. The molecule has 2 N–H and O–H groups in total. The quantitative estimate of drug-likeness (QED) is 0.691. The number of aldehydes is 1. The predicted octanol–water partition coefficient (Wildman–Crippen LogP) is 2.76. The molecule has 1 rings (SSSR count). The zero-order valence-corrected chi connectivity index (χ0v) is 15.9. The number of thioether (sulfide) groups is 1. The Morgan fingerprint density at radius 3 is 2.64 bits per heavy atom. The zero-order chi connectivity index (χ0) is 18.9. The Kier molecular flexibility index (Phi) is 8.48. The maximum atomic E-state index is 12.3. The van der Waals surface area contributed by atoms with Crippen molar-refractivity contribution in [1.29, 1.82) is 0 Å². The minimum atomic E-state index is -0.563. The van der Waals surface area contributed by atoms with Crippen LogP contribution in [-0.2, 0) is 16.1 Å². The summed E-state index contributed by atoms with van der Waals surface area (Å²) >= 11 is 1.62. The van der Waals surface area contributed by atoms with E-state index in [0.717, 1.165) is 17.6 Å². The molecule has 0 aliphatic heterocycles. The topological polar surface area (TPSA) is 84.5 Å². The third-order valence-corrected chi connectivity index (χ3v) is 3.78. The monoisotopic (exact) mass is 366 g/mol. The summed E-state index contributed by atoms with van der Waals surface area (Å²) in [6.07, 6.45) is 2.78. The highest BCUT2D eigenvalue weighted by Crippen LogP contribution is 2.09. The van der Waals surface area contributed by atoms with Crippen molar-refractivity contribution < 1.29 is 19.1 Å². The third-order valence-electron chi connectivity index (χ3n) is 3.14. The lowest BCUT2D eigenvalue weighted by Gasteiger charge is -2.19. The second-order valence-electron chi connectivity index (χ2n) is 6.55. The standard InChI is InChI=1S/C18H26N2O4S/c1-18(2,3)24-17(23)19-11-13-6-5-7-14(10-13)16(22)20-15(12-21)8-9-25-4/h5-7,10,12,15H,8-9,11H2,1-4H3,(H,19,23)(H,20,22)/t15-/m0/s1. The van der Waals surface area contributed by atoms with Gasteiger partial charge in [-0.05, 0) is 56.9 Å². The van der Waals surface area contributed by atoms with Crippen LogP contribution in [0.15, 0.2) is 24.3 Å². The van der Waals surface area contributed by atoms with Gasteiger partial charge in [0, 0.05) is 12.1 Å². The molecule has 0 aliphatic rings. The van der Waals surface area contributed by atoms with E-state index in [1.54, 1.807) is 56.8 Å². The van der Waals surface area contributed by atoms with Gasteiger partial charge >= 0.3 is 6.09 Å². The number of benzene rings is 1. The van der Waals surface area contributed by atoms with Crippen molar-refractivity contribution in [1.82, 2.24) is 10.6 Å². The fourth-order valence-corrected chi connectivity index (χ4v) is 2.47. The van der Waals surface area contributed by atoms with Crippen molar-refractivity contribution in [3.8, 4) is 0 Å². The van der Waals surface area contributed by atoms with Crippen LogP contribution in [0.1, 0.15) is 43.1 Å². The van der Waals surface area contributed by atoms with Gasteiger partial charge in [0.05, 0.1) is 6.04 Å². The smallest absolute Gasteiger partial charge is 0.407 e. The number of amides is 2. The van der Waals surface area contributed by atoms with Gasteiger partial charge < -0.3 is 20.2 Å². The van der Waals surface area contributed by atoms with Crippen LogP contribution in [-0.4, -0.2) is 41.9 Å². The molecular formula is C18H26N2O4S. The molecule has 6 nitrogen and oxygen atoms in total. The fraction of sp³-hybridized carbons (Fsp3) is 0.500. The van der Waals surface area contributed by atoms with Crippen LogP contribution < -0.4 is 10.6 Å². The average molecular weight is 366 g/mol. The summed E-state index contributed by atoms with van der Waals surface area (Å²) in [5.41, 5.74) is 0.650. The van der Waals surface area contributed by atoms with Crippen LogP contribution in [0.4, 0.5) is 4.79 Å². The number of rotatable bonds is 8. The summed E-state index contributed by atoms with van der Waals surface area (Å²) in [7, 11) is 0. The molecule has 1 aromatic rings. The second kappa shape index (κ2) is 10.1. The van der Waals surface area contributed by atoms with Crippen molar-refractivity contribution in [2.45, 2.75) is 45.4 Å². The van der Waals surface area contributed by atoms with Gasteiger partial charge in [0.2, 0.25) is 0 Å². The van der Waals surface area contributed by atoms with Crippen LogP contribution >= 0.6 is 11.8 Å². The van der Waals surface area contributed by atoms with Crippen molar-refractivity contribution in [3.63, 3.8) is 0 Å². The van der Waals surface area contributed by atoms with Crippen molar-refractivity contribution in [2.24, 2.45) is 0 Å². The van der Waals surface area contributed by atoms with Gasteiger partial charge in [0.25, 0.3) is 5.91 Å². The summed E-state index contributed by atoms with van der Waals surface area (Å²) in [5, 5.41) is 5.36. The minimum absolute atomic E-state index is 0.250. The lowest BCUT2D eigenvalue weighted by atomic mass is 10.1. The highest BCUT2D eigenvalue weighted by atomic mass is 32.2. The van der Waals surface area contributed by atoms with Gasteiger partial charge in [-0.2, -0.15) is 11.8 Å². The van der Waals surface area contributed by atoms with Crippen LogP contribution in [0.5, 0.6) is 0 Å². The van der Waals surface area contributed by atoms with E-state index in [1.807, 2.05) is 6.26 Å². The minimum Gasteiger partial charge on any atom is -0.444 e. The van der Waals surface area contributed by atoms with Gasteiger partial charge in [-0.15, -0.1) is 0 Å². The highest BCUT2D eigenvalue weighted by Gasteiger charge is 2.16. The maximum absolute atomic E-state index is 12.3. The van der Waals surface area contributed by atoms with E-state index < -0.39 is 17.7 Å². The Balaban J connectivity index is 2.63. The molecule has 138 valence electrons.